The average molecular weight is 291 g/mol. The lowest BCUT2D eigenvalue weighted by Crippen LogP contribution is -2.38. The zero-order valence-electron chi connectivity index (χ0n) is 10.4. The van der Waals surface area contributed by atoms with Gasteiger partial charge < -0.3 is 15.8 Å². The molecule has 0 saturated heterocycles. The number of allylic oxidation sites excluding steroid dienone is 1. The lowest BCUT2D eigenvalue weighted by atomic mass is 10.00. The van der Waals surface area contributed by atoms with Gasteiger partial charge in [-0.2, -0.15) is 0 Å². The number of hydrogen-bond acceptors (Lipinski definition) is 3. The van der Waals surface area contributed by atoms with E-state index in [4.69, 9.17) is 10.5 Å². The number of rotatable bonds is 4. The molecule has 94 valence electrons. The fourth-order valence-electron chi connectivity index (χ4n) is 1.66. The molecule has 4 heteroatoms. The highest BCUT2D eigenvalue weighted by molar-refractivity contribution is 9.09. The van der Waals surface area contributed by atoms with Crippen LogP contribution in [-0.2, 0) is 4.74 Å². The largest absolute Gasteiger partial charge is 0.385 e. The van der Waals surface area contributed by atoms with Crippen molar-refractivity contribution in [2.24, 2.45) is 5.73 Å². The molecule has 0 aromatic carbocycles. The second kappa shape index (κ2) is 6.03. The van der Waals surface area contributed by atoms with Crippen LogP contribution in [0.4, 0.5) is 0 Å². The molecule has 0 bridgehead atoms. The van der Waals surface area contributed by atoms with Gasteiger partial charge >= 0.3 is 0 Å². The standard InChI is InChI=1S/C12H23BrN2O/c1-12(2,3)16-7-6-15-11-5-4-9(13)8-10(11)14/h5,9-10,15H,4,6-8,14H2,1-3H3. The van der Waals surface area contributed by atoms with E-state index >= 15 is 0 Å². The van der Waals surface area contributed by atoms with Crippen molar-refractivity contribution in [2.75, 3.05) is 13.2 Å². The van der Waals surface area contributed by atoms with Crippen LogP contribution in [0, 0.1) is 0 Å². The van der Waals surface area contributed by atoms with Crippen molar-refractivity contribution >= 4 is 15.9 Å². The molecular formula is C12H23BrN2O. The molecule has 16 heavy (non-hydrogen) atoms. The summed E-state index contributed by atoms with van der Waals surface area (Å²) in [4.78, 5) is 0.527. The zero-order chi connectivity index (χ0) is 12.2. The number of nitrogens with one attached hydrogen (secondary N) is 1. The van der Waals surface area contributed by atoms with Gasteiger partial charge in [-0.25, -0.2) is 0 Å². The molecule has 3 N–H and O–H groups in total. The number of ether oxygens (including phenoxy) is 1. The Morgan fingerprint density at radius 2 is 2.25 bits per heavy atom. The Hall–Kier alpha value is -0.0600. The topological polar surface area (TPSA) is 47.3 Å². The van der Waals surface area contributed by atoms with Gasteiger partial charge in [0.25, 0.3) is 0 Å². The van der Waals surface area contributed by atoms with Gasteiger partial charge in [0.15, 0.2) is 0 Å². The van der Waals surface area contributed by atoms with Crippen molar-refractivity contribution in [3.05, 3.63) is 11.8 Å². The van der Waals surface area contributed by atoms with Gasteiger partial charge in [-0.15, -0.1) is 0 Å². The minimum absolute atomic E-state index is 0.0638. The normalized spacial score (nSPS) is 26.4. The Morgan fingerprint density at radius 1 is 1.56 bits per heavy atom. The maximum absolute atomic E-state index is 6.04. The summed E-state index contributed by atoms with van der Waals surface area (Å²) >= 11 is 3.59. The van der Waals surface area contributed by atoms with E-state index in [0.717, 1.165) is 25.1 Å². The summed E-state index contributed by atoms with van der Waals surface area (Å²) in [5.74, 6) is 0. The van der Waals surface area contributed by atoms with Crippen molar-refractivity contribution in [3.63, 3.8) is 0 Å². The van der Waals surface area contributed by atoms with Crippen LogP contribution in [0.5, 0.6) is 0 Å². The third-order valence-electron chi connectivity index (χ3n) is 2.47. The summed E-state index contributed by atoms with van der Waals surface area (Å²) in [6, 6.07) is 0.132. The van der Waals surface area contributed by atoms with E-state index in [1.807, 2.05) is 0 Å². The highest BCUT2D eigenvalue weighted by Gasteiger charge is 2.19. The quantitative estimate of drug-likeness (QED) is 0.616. The van der Waals surface area contributed by atoms with Crippen molar-refractivity contribution in [1.82, 2.24) is 5.32 Å². The summed E-state index contributed by atoms with van der Waals surface area (Å²) in [6.45, 7) is 7.73. The maximum atomic E-state index is 6.04. The first-order chi connectivity index (χ1) is 7.38. The predicted molar refractivity (Wildman–Crippen MR) is 71.7 cm³/mol. The molecular weight excluding hydrogens is 268 g/mol. The van der Waals surface area contributed by atoms with Crippen LogP contribution in [0.2, 0.25) is 0 Å². The van der Waals surface area contributed by atoms with Crippen LogP contribution in [0.3, 0.4) is 0 Å². The first-order valence-corrected chi connectivity index (χ1v) is 6.77. The average Bonchev–Trinajstić information content (AvgIpc) is 2.13. The van der Waals surface area contributed by atoms with E-state index in [1.165, 1.54) is 0 Å². The molecule has 1 rings (SSSR count). The molecule has 0 spiro atoms. The van der Waals surface area contributed by atoms with E-state index in [-0.39, 0.29) is 11.6 Å². The monoisotopic (exact) mass is 290 g/mol. The van der Waals surface area contributed by atoms with Crippen molar-refractivity contribution < 1.29 is 4.74 Å². The van der Waals surface area contributed by atoms with Crippen molar-refractivity contribution in [1.29, 1.82) is 0 Å². The van der Waals surface area contributed by atoms with Crippen molar-refractivity contribution in [3.8, 4) is 0 Å². The summed E-state index contributed by atoms with van der Waals surface area (Å²) in [5.41, 5.74) is 7.13. The van der Waals surface area contributed by atoms with E-state index in [0.29, 0.717) is 11.4 Å². The smallest absolute Gasteiger partial charge is 0.0646 e. The summed E-state index contributed by atoms with van der Waals surface area (Å²) < 4.78 is 5.64. The Labute approximate surface area is 107 Å². The van der Waals surface area contributed by atoms with E-state index < -0.39 is 0 Å². The van der Waals surface area contributed by atoms with Gasteiger partial charge in [-0.1, -0.05) is 22.0 Å². The zero-order valence-corrected chi connectivity index (χ0v) is 12.0. The van der Waals surface area contributed by atoms with E-state index in [9.17, 15) is 0 Å². The highest BCUT2D eigenvalue weighted by atomic mass is 79.9. The van der Waals surface area contributed by atoms with E-state index in [2.05, 4.69) is 48.1 Å². The minimum atomic E-state index is -0.0638. The molecule has 2 unspecified atom stereocenters. The predicted octanol–water partition coefficient (Wildman–Crippen LogP) is 2.16. The Bertz CT molecular complexity index is 248. The molecule has 0 aliphatic heterocycles. The molecule has 0 fully saturated rings. The fourth-order valence-corrected chi connectivity index (χ4v) is 2.25. The number of alkyl halides is 1. The molecule has 0 heterocycles. The second-order valence-corrected chi connectivity index (χ2v) is 6.52. The van der Waals surface area contributed by atoms with Gasteiger partial charge in [0.05, 0.1) is 12.2 Å². The molecule has 0 saturated carbocycles. The van der Waals surface area contributed by atoms with Crippen LogP contribution >= 0.6 is 15.9 Å². The second-order valence-electron chi connectivity index (χ2n) is 5.22. The molecule has 0 aromatic heterocycles. The van der Waals surface area contributed by atoms with Crippen LogP contribution in [0.15, 0.2) is 11.8 Å². The summed E-state index contributed by atoms with van der Waals surface area (Å²) in [6.07, 6.45) is 4.24. The fraction of sp³-hybridized carbons (Fsp3) is 0.833. The molecule has 0 aromatic rings. The SMILES string of the molecule is CC(C)(C)OCCNC1=CCC(Br)CC1N. The lowest BCUT2D eigenvalue weighted by molar-refractivity contribution is -0.000204. The minimum Gasteiger partial charge on any atom is -0.385 e. The van der Waals surface area contributed by atoms with Crippen molar-refractivity contribution in [2.45, 2.75) is 50.1 Å². The first kappa shape index (κ1) is 14.0. The molecule has 1 aliphatic rings. The van der Waals surface area contributed by atoms with Gasteiger partial charge in [0, 0.05) is 23.1 Å². The van der Waals surface area contributed by atoms with Gasteiger partial charge in [-0.3, -0.25) is 0 Å². The summed E-state index contributed by atoms with van der Waals surface area (Å²) in [5, 5.41) is 3.35. The summed E-state index contributed by atoms with van der Waals surface area (Å²) in [7, 11) is 0. The molecule has 3 nitrogen and oxygen atoms in total. The Balaban J connectivity index is 2.23. The number of halogens is 1. The highest BCUT2D eigenvalue weighted by Crippen LogP contribution is 2.21. The first-order valence-electron chi connectivity index (χ1n) is 5.86. The number of hydrogen-bond donors (Lipinski definition) is 2. The van der Waals surface area contributed by atoms with Gasteiger partial charge in [0.1, 0.15) is 0 Å². The van der Waals surface area contributed by atoms with Crippen LogP contribution in [0.1, 0.15) is 33.6 Å². The number of nitrogens with two attached hydrogens (primary N) is 1. The Morgan fingerprint density at radius 3 is 2.81 bits per heavy atom. The maximum Gasteiger partial charge on any atom is 0.0646 e. The molecule has 1 aliphatic carbocycles. The lowest BCUT2D eigenvalue weighted by Gasteiger charge is -2.26. The Kier molecular flexibility index (Phi) is 5.28. The van der Waals surface area contributed by atoms with Crippen LogP contribution < -0.4 is 11.1 Å². The molecule has 2 atom stereocenters. The molecule has 0 amide bonds. The third kappa shape index (κ3) is 5.32. The van der Waals surface area contributed by atoms with E-state index in [1.54, 1.807) is 0 Å². The van der Waals surface area contributed by atoms with Crippen LogP contribution in [-0.4, -0.2) is 29.6 Å². The molecule has 0 radical (unpaired) electrons. The van der Waals surface area contributed by atoms with Gasteiger partial charge in [0.2, 0.25) is 0 Å². The van der Waals surface area contributed by atoms with Gasteiger partial charge in [-0.05, 0) is 33.6 Å². The third-order valence-corrected chi connectivity index (χ3v) is 3.22. The van der Waals surface area contributed by atoms with Crippen LogP contribution in [0.25, 0.3) is 0 Å².